The zero-order valence-electron chi connectivity index (χ0n) is 15.9. The fourth-order valence-corrected chi connectivity index (χ4v) is 4.25. The maximum absolute atomic E-state index is 13.0. The zero-order chi connectivity index (χ0) is 21.4. The Bertz CT molecular complexity index is 1450. The number of rotatable bonds is 4. The molecule has 8 heteroatoms. The number of aromatic carboxylic acids is 1. The van der Waals surface area contributed by atoms with Crippen LogP contribution >= 0.6 is 11.3 Å². The number of carbonyl (C=O) groups excluding carboxylic acids is 1. The normalized spacial score (nSPS) is 11.0. The summed E-state index contributed by atoms with van der Waals surface area (Å²) in [5, 5.41) is 13.4. The standard InChI is InChI=1S/C23H14N4O3S/c28-21(27-23-26-18-7-1-2-9-19(18)31-23)15-5-3-8-17-16(15)11-13(12-25-17)14-6-4-10-24-20(14)22(29)30/h1-12H,(H,29,30)(H,26,27,28). The van der Waals surface area contributed by atoms with Crippen molar-refractivity contribution in [1.29, 1.82) is 0 Å². The molecule has 0 spiro atoms. The molecule has 0 aliphatic rings. The van der Waals surface area contributed by atoms with Crippen molar-refractivity contribution in [1.82, 2.24) is 15.0 Å². The number of nitrogens with one attached hydrogen (secondary N) is 1. The van der Waals surface area contributed by atoms with Gasteiger partial charge in [0.05, 0.1) is 15.7 Å². The quantitative estimate of drug-likeness (QED) is 0.425. The van der Waals surface area contributed by atoms with Gasteiger partial charge in [-0.05, 0) is 36.4 Å². The molecular formula is C23H14N4O3S. The van der Waals surface area contributed by atoms with Gasteiger partial charge >= 0.3 is 5.97 Å². The minimum atomic E-state index is -1.13. The molecule has 0 aliphatic carbocycles. The minimum Gasteiger partial charge on any atom is -0.476 e. The molecule has 2 aromatic carbocycles. The maximum Gasteiger partial charge on any atom is 0.355 e. The summed E-state index contributed by atoms with van der Waals surface area (Å²) in [4.78, 5) is 37.4. The Morgan fingerprint density at radius 2 is 1.77 bits per heavy atom. The fourth-order valence-electron chi connectivity index (χ4n) is 3.39. The number of aromatic nitrogens is 3. The van der Waals surface area contributed by atoms with Gasteiger partial charge in [-0.1, -0.05) is 35.6 Å². The van der Waals surface area contributed by atoms with Gasteiger partial charge in [0.15, 0.2) is 10.8 Å². The summed E-state index contributed by atoms with van der Waals surface area (Å²) in [6.07, 6.45) is 3.01. The molecule has 5 aromatic rings. The van der Waals surface area contributed by atoms with Crippen LogP contribution in [0.15, 0.2) is 73.1 Å². The second-order valence-corrected chi connectivity index (χ2v) is 7.77. The van der Waals surface area contributed by atoms with Crippen LogP contribution in [-0.2, 0) is 0 Å². The average molecular weight is 426 g/mol. The van der Waals surface area contributed by atoms with Gasteiger partial charge in [-0.2, -0.15) is 0 Å². The summed E-state index contributed by atoms with van der Waals surface area (Å²) in [5.74, 6) is -1.44. The molecule has 5 rings (SSSR count). The zero-order valence-corrected chi connectivity index (χ0v) is 16.8. The van der Waals surface area contributed by atoms with E-state index in [9.17, 15) is 14.7 Å². The molecule has 7 nitrogen and oxygen atoms in total. The Hall–Kier alpha value is -4.17. The maximum atomic E-state index is 13.0. The fraction of sp³-hybridized carbons (Fsp3) is 0. The van der Waals surface area contributed by atoms with Gasteiger partial charge in [-0.25, -0.2) is 14.8 Å². The van der Waals surface area contributed by atoms with E-state index in [0.29, 0.717) is 32.7 Å². The molecule has 1 amide bonds. The van der Waals surface area contributed by atoms with Crippen LogP contribution < -0.4 is 5.32 Å². The van der Waals surface area contributed by atoms with E-state index in [1.54, 1.807) is 42.6 Å². The van der Waals surface area contributed by atoms with Crippen LogP contribution in [0.1, 0.15) is 20.8 Å². The predicted molar refractivity (Wildman–Crippen MR) is 120 cm³/mol. The Morgan fingerprint density at radius 1 is 0.935 bits per heavy atom. The van der Waals surface area contributed by atoms with E-state index in [1.807, 2.05) is 24.3 Å². The summed E-state index contributed by atoms with van der Waals surface area (Å²) >= 11 is 1.40. The van der Waals surface area contributed by atoms with Crippen molar-refractivity contribution in [3.63, 3.8) is 0 Å². The molecule has 0 unspecified atom stereocenters. The molecule has 0 radical (unpaired) electrons. The van der Waals surface area contributed by atoms with Crippen LogP contribution in [-0.4, -0.2) is 31.9 Å². The highest BCUT2D eigenvalue weighted by Gasteiger charge is 2.17. The Labute approximate surface area is 180 Å². The first-order valence-electron chi connectivity index (χ1n) is 9.34. The first-order valence-corrected chi connectivity index (χ1v) is 10.2. The van der Waals surface area contributed by atoms with Gasteiger partial charge in [0.25, 0.3) is 5.91 Å². The number of carboxylic acids is 1. The highest BCUT2D eigenvalue weighted by molar-refractivity contribution is 7.22. The first-order chi connectivity index (χ1) is 15.1. The van der Waals surface area contributed by atoms with Crippen molar-refractivity contribution >= 4 is 49.5 Å². The van der Waals surface area contributed by atoms with E-state index in [1.165, 1.54) is 17.5 Å². The number of pyridine rings is 2. The largest absolute Gasteiger partial charge is 0.476 e. The Balaban J connectivity index is 1.57. The van der Waals surface area contributed by atoms with E-state index < -0.39 is 5.97 Å². The van der Waals surface area contributed by atoms with Crippen molar-refractivity contribution in [3.05, 3.63) is 84.3 Å². The van der Waals surface area contributed by atoms with E-state index in [0.717, 1.165) is 10.2 Å². The number of hydrogen-bond donors (Lipinski definition) is 2. The topological polar surface area (TPSA) is 105 Å². The van der Waals surface area contributed by atoms with E-state index in [4.69, 9.17) is 0 Å². The molecule has 3 aromatic heterocycles. The van der Waals surface area contributed by atoms with Crippen molar-refractivity contribution < 1.29 is 14.7 Å². The predicted octanol–water partition coefficient (Wildman–Crippen LogP) is 4.86. The molecule has 0 atom stereocenters. The van der Waals surface area contributed by atoms with E-state index >= 15 is 0 Å². The SMILES string of the molecule is O=C(O)c1ncccc1-c1cnc2cccc(C(=O)Nc3nc4ccccc4s3)c2c1. The molecule has 0 bridgehead atoms. The third-order valence-electron chi connectivity index (χ3n) is 4.81. The van der Waals surface area contributed by atoms with Crippen molar-refractivity contribution in [2.75, 3.05) is 5.32 Å². The number of anilines is 1. The monoisotopic (exact) mass is 426 g/mol. The van der Waals surface area contributed by atoms with Crippen molar-refractivity contribution in [2.45, 2.75) is 0 Å². The molecule has 3 heterocycles. The molecule has 31 heavy (non-hydrogen) atoms. The van der Waals surface area contributed by atoms with Crippen molar-refractivity contribution in [2.24, 2.45) is 0 Å². The molecule has 0 fully saturated rings. The first kappa shape index (κ1) is 18.8. The van der Waals surface area contributed by atoms with Gasteiger partial charge in [-0.3, -0.25) is 15.1 Å². The lowest BCUT2D eigenvalue weighted by Crippen LogP contribution is -2.12. The number of thiazole rings is 1. The Morgan fingerprint density at radius 3 is 2.61 bits per heavy atom. The number of carboxylic acid groups (broad SMARTS) is 1. The van der Waals surface area contributed by atoms with Crippen LogP contribution in [0.2, 0.25) is 0 Å². The molecule has 150 valence electrons. The number of hydrogen-bond acceptors (Lipinski definition) is 6. The smallest absolute Gasteiger partial charge is 0.355 e. The summed E-state index contributed by atoms with van der Waals surface area (Å²) < 4.78 is 0.984. The van der Waals surface area contributed by atoms with Crippen LogP contribution in [0.4, 0.5) is 5.13 Å². The summed E-state index contributed by atoms with van der Waals surface area (Å²) in [6.45, 7) is 0. The van der Waals surface area contributed by atoms with E-state index in [2.05, 4.69) is 20.3 Å². The van der Waals surface area contributed by atoms with Crippen LogP contribution in [0.3, 0.4) is 0 Å². The molecule has 0 saturated heterocycles. The van der Waals surface area contributed by atoms with Crippen LogP contribution in [0.25, 0.3) is 32.2 Å². The minimum absolute atomic E-state index is 0.0694. The van der Waals surface area contributed by atoms with E-state index in [-0.39, 0.29) is 11.6 Å². The highest BCUT2D eigenvalue weighted by atomic mass is 32.1. The van der Waals surface area contributed by atoms with Gasteiger partial charge < -0.3 is 5.11 Å². The molecule has 0 aliphatic heterocycles. The lowest BCUT2D eigenvalue weighted by molar-refractivity contribution is 0.0691. The number of benzene rings is 2. The van der Waals surface area contributed by atoms with Gasteiger partial charge in [0.2, 0.25) is 0 Å². The van der Waals surface area contributed by atoms with Crippen molar-refractivity contribution in [3.8, 4) is 11.1 Å². The number of para-hydroxylation sites is 1. The highest BCUT2D eigenvalue weighted by Crippen LogP contribution is 2.29. The average Bonchev–Trinajstić information content (AvgIpc) is 3.20. The number of carbonyl (C=O) groups is 2. The Kier molecular flexibility index (Phi) is 4.61. The number of nitrogens with zero attached hydrogens (tertiary/aromatic N) is 3. The lowest BCUT2D eigenvalue weighted by Gasteiger charge is -2.09. The number of fused-ring (bicyclic) bond motifs is 2. The van der Waals surface area contributed by atoms with Crippen LogP contribution in [0.5, 0.6) is 0 Å². The molecule has 0 saturated carbocycles. The third kappa shape index (κ3) is 3.49. The van der Waals surface area contributed by atoms with Gasteiger partial charge in [0, 0.05) is 34.5 Å². The summed E-state index contributed by atoms with van der Waals surface area (Å²) in [5.41, 5.74) is 2.81. The second kappa shape index (κ2) is 7.58. The van der Waals surface area contributed by atoms with Gasteiger partial charge in [-0.15, -0.1) is 0 Å². The van der Waals surface area contributed by atoms with Gasteiger partial charge in [0.1, 0.15) is 0 Å². The summed E-state index contributed by atoms with van der Waals surface area (Å²) in [7, 11) is 0. The third-order valence-corrected chi connectivity index (χ3v) is 5.76. The molecular weight excluding hydrogens is 412 g/mol. The number of amides is 1. The molecule has 2 N–H and O–H groups in total. The second-order valence-electron chi connectivity index (χ2n) is 6.74. The summed E-state index contributed by atoms with van der Waals surface area (Å²) in [6, 6.07) is 18.0. The lowest BCUT2D eigenvalue weighted by atomic mass is 10.0. The van der Waals surface area contributed by atoms with Crippen LogP contribution in [0, 0.1) is 0 Å².